The first-order chi connectivity index (χ1) is 9.76. The van der Waals surface area contributed by atoms with Gasteiger partial charge in [-0.25, -0.2) is 15.0 Å². The van der Waals surface area contributed by atoms with Crippen molar-refractivity contribution in [2.24, 2.45) is 0 Å². The second-order valence-electron chi connectivity index (χ2n) is 4.28. The van der Waals surface area contributed by atoms with Gasteiger partial charge in [-0.3, -0.25) is 0 Å². The van der Waals surface area contributed by atoms with Crippen LogP contribution in [0.5, 0.6) is 0 Å². The van der Waals surface area contributed by atoms with Crippen LogP contribution < -0.4 is 5.32 Å². The van der Waals surface area contributed by atoms with Crippen LogP contribution in [0, 0.1) is 6.92 Å². The van der Waals surface area contributed by atoms with Crippen LogP contribution in [0.25, 0.3) is 10.2 Å². The van der Waals surface area contributed by atoms with Crippen molar-refractivity contribution in [1.29, 1.82) is 0 Å². The van der Waals surface area contributed by atoms with Gasteiger partial charge in [0.25, 0.3) is 0 Å². The highest BCUT2D eigenvalue weighted by molar-refractivity contribution is 8.01. The van der Waals surface area contributed by atoms with E-state index in [0.29, 0.717) is 5.95 Å². The van der Waals surface area contributed by atoms with Crippen molar-refractivity contribution in [3.05, 3.63) is 22.5 Å². The maximum Gasteiger partial charge on any atom is 0.225 e. The molecule has 0 bridgehead atoms. The van der Waals surface area contributed by atoms with E-state index in [0.717, 1.165) is 38.2 Å². The molecule has 0 fully saturated rings. The highest BCUT2D eigenvalue weighted by Gasteiger charge is 2.12. The first-order valence-corrected chi connectivity index (χ1v) is 8.93. The third-order valence-corrected chi connectivity index (χ3v) is 5.47. The molecule has 3 aromatic rings. The molecule has 0 amide bonds. The van der Waals surface area contributed by atoms with E-state index in [1.54, 1.807) is 34.4 Å². The van der Waals surface area contributed by atoms with Crippen molar-refractivity contribution >= 4 is 50.6 Å². The largest absolute Gasteiger partial charge is 0.354 e. The van der Waals surface area contributed by atoms with Crippen molar-refractivity contribution in [3.8, 4) is 0 Å². The highest BCUT2D eigenvalue weighted by atomic mass is 32.2. The maximum absolute atomic E-state index is 4.63. The molecule has 3 rings (SSSR count). The molecule has 20 heavy (non-hydrogen) atoms. The highest BCUT2D eigenvalue weighted by Crippen LogP contribution is 2.35. The van der Waals surface area contributed by atoms with Gasteiger partial charge in [0.05, 0.1) is 0 Å². The molecule has 7 heteroatoms. The third kappa shape index (κ3) is 2.94. The lowest BCUT2D eigenvalue weighted by atomic mass is 10.4. The molecule has 104 valence electrons. The molecule has 0 atom stereocenters. The SMILES string of the molecule is CCCNc1nc(Sc2nc(C)cs2)c2ccsc2n1. The van der Waals surface area contributed by atoms with Gasteiger partial charge in [0, 0.05) is 23.0 Å². The minimum Gasteiger partial charge on any atom is -0.354 e. The molecule has 0 aromatic carbocycles. The lowest BCUT2D eigenvalue weighted by molar-refractivity contribution is 0.946. The fourth-order valence-electron chi connectivity index (χ4n) is 1.68. The Labute approximate surface area is 129 Å². The molecule has 4 nitrogen and oxygen atoms in total. The fraction of sp³-hybridized carbons (Fsp3) is 0.308. The second-order valence-corrected chi connectivity index (χ2v) is 7.26. The molecular weight excluding hydrogens is 308 g/mol. The number of hydrogen-bond donors (Lipinski definition) is 1. The Bertz CT molecular complexity index is 719. The number of thiazole rings is 1. The van der Waals surface area contributed by atoms with E-state index in [9.17, 15) is 0 Å². The zero-order chi connectivity index (χ0) is 13.9. The van der Waals surface area contributed by atoms with E-state index in [1.165, 1.54) is 0 Å². The molecule has 0 spiro atoms. The monoisotopic (exact) mass is 322 g/mol. The third-order valence-electron chi connectivity index (χ3n) is 2.61. The van der Waals surface area contributed by atoms with Gasteiger partial charge < -0.3 is 5.32 Å². The molecular formula is C13H14N4S3. The summed E-state index contributed by atoms with van der Waals surface area (Å²) in [6, 6.07) is 2.08. The number of fused-ring (bicyclic) bond motifs is 1. The molecule has 3 aromatic heterocycles. The van der Waals surface area contributed by atoms with Gasteiger partial charge in [-0.15, -0.1) is 22.7 Å². The Hall–Kier alpha value is -1.18. The van der Waals surface area contributed by atoms with Crippen LogP contribution in [-0.2, 0) is 0 Å². The summed E-state index contributed by atoms with van der Waals surface area (Å²) in [5.41, 5.74) is 1.05. The predicted molar refractivity (Wildman–Crippen MR) is 87.2 cm³/mol. The van der Waals surface area contributed by atoms with Crippen molar-refractivity contribution in [3.63, 3.8) is 0 Å². The zero-order valence-electron chi connectivity index (χ0n) is 11.2. The molecule has 1 N–H and O–H groups in total. The summed E-state index contributed by atoms with van der Waals surface area (Å²) in [4.78, 5) is 14.7. The van der Waals surface area contributed by atoms with Crippen LogP contribution >= 0.6 is 34.4 Å². The normalized spacial score (nSPS) is 11.1. The Balaban J connectivity index is 1.96. The molecule has 0 aliphatic heterocycles. The van der Waals surface area contributed by atoms with Gasteiger partial charge in [0.15, 0.2) is 4.34 Å². The summed E-state index contributed by atoms with van der Waals surface area (Å²) >= 11 is 4.91. The summed E-state index contributed by atoms with van der Waals surface area (Å²) in [6.07, 6.45) is 1.06. The summed E-state index contributed by atoms with van der Waals surface area (Å²) in [6.45, 7) is 5.02. The number of aryl methyl sites for hydroxylation is 1. The molecule has 0 saturated heterocycles. The van der Waals surface area contributed by atoms with Crippen LogP contribution in [0.4, 0.5) is 5.95 Å². The van der Waals surface area contributed by atoms with Crippen molar-refractivity contribution in [2.75, 3.05) is 11.9 Å². The lowest BCUT2D eigenvalue weighted by Gasteiger charge is -2.05. The number of aromatic nitrogens is 3. The summed E-state index contributed by atoms with van der Waals surface area (Å²) in [5.74, 6) is 0.706. The van der Waals surface area contributed by atoms with Crippen molar-refractivity contribution in [2.45, 2.75) is 29.6 Å². The fourth-order valence-corrected chi connectivity index (χ4v) is 4.37. The minimum atomic E-state index is 0.706. The van der Waals surface area contributed by atoms with Gasteiger partial charge >= 0.3 is 0 Å². The lowest BCUT2D eigenvalue weighted by Crippen LogP contribution is -2.04. The molecule has 0 unspecified atom stereocenters. The Morgan fingerprint density at radius 2 is 2.15 bits per heavy atom. The topological polar surface area (TPSA) is 50.7 Å². The molecule has 0 radical (unpaired) electrons. The number of thiophene rings is 1. The maximum atomic E-state index is 4.63. The van der Waals surface area contributed by atoms with Crippen molar-refractivity contribution < 1.29 is 0 Å². The average Bonchev–Trinajstić information content (AvgIpc) is 3.05. The Kier molecular flexibility index (Phi) is 4.18. The summed E-state index contributed by atoms with van der Waals surface area (Å²) < 4.78 is 1.02. The Morgan fingerprint density at radius 3 is 2.90 bits per heavy atom. The van der Waals surface area contributed by atoms with E-state index in [1.807, 2.05) is 6.92 Å². The average molecular weight is 322 g/mol. The quantitative estimate of drug-likeness (QED) is 0.704. The number of anilines is 1. The van der Waals surface area contributed by atoms with Crippen molar-refractivity contribution in [1.82, 2.24) is 15.0 Å². The standard InChI is InChI=1S/C13H14N4S3/c1-3-5-14-12-16-10-9(4-6-18-10)11(17-12)20-13-15-8(2)7-19-13/h4,6-7H,3,5H2,1-2H3,(H,14,16,17). The smallest absolute Gasteiger partial charge is 0.225 e. The molecule has 0 saturated carbocycles. The van der Waals surface area contributed by atoms with E-state index in [2.05, 4.69) is 44.0 Å². The van der Waals surface area contributed by atoms with Crippen LogP contribution in [0.3, 0.4) is 0 Å². The molecule has 0 aliphatic rings. The van der Waals surface area contributed by atoms with Crippen LogP contribution in [-0.4, -0.2) is 21.5 Å². The number of nitrogens with one attached hydrogen (secondary N) is 1. The van der Waals surface area contributed by atoms with Crippen LogP contribution in [0.15, 0.2) is 26.2 Å². The van der Waals surface area contributed by atoms with Crippen LogP contribution in [0.2, 0.25) is 0 Å². The van der Waals surface area contributed by atoms with Gasteiger partial charge in [-0.1, -0.05) is 6.92 Å². The van der Waals surface area contributed by atoms with Gasteiger partial charge in [-0.05, 0) is 36.6 Å². The first-order valence-electron chi connectivity index (χ1n) is 6.35. The number of rotatable bonds is 5. The summed E-state index contributed by atoms with van der Waals surface area (Å²) in [7, 11) is 0. The van der Waals surface area contributed by atoms with E-state index < -0.39 is 0 Å². The Morgan fingerprint density at radius 1 is 1.25 bits per heavy atom. The van der Waals surface area contributed by atoms with Gasteiger partial charge in [0.2, 0.25) is 5.95 Å². The number of nitrogens with zero attached hydrogens (tertiary/aromatic N) is 3. The van der Waals surface area contributed by atoms with E-state index in [-0.39, 0.29) is 0 Å². The molecule has 3 heterocycles. The minimum absolute atomic E-state index is 0.706. The van der Waals surface area contributed by atoms with Gasteiger partial charge in [0.1, 0.15) is 9.86 Å². The zero-order valence-corrected chi connectivity index (χ0v) is 13.7. The van der Waals surface area contributed by atoms with E-state index in [4.69, 9.17) is 0 Å². The predicted octanol–water partition coefficient (Wildman–Crippen LogP) is 4.43. The molecule has 0 aliphatic carbocycles. The van der Waals surface area contributed by atoms with Gasteiger partial charge in [-0.2, -0.15) is 0 Å². The second kappa shape index (κ2) is 6.07. The van der Waals surface area contributed by atoms with E-state index >= 15 is 0 Å². The number of hydrogen-bond acceptors (Lipinski definition) is 7. The summed E-state index contributed by atoms with van der Waals surface area (Å²) in [5, 5.41) is 9.46. The van der Waals surface area contributed by atoms with Crippen LogP contribution in [0.1, 0.15) is 19.0 Å². The first kappa shape index (κ1) is 13.8.